The monoisotopic (exact) mass is 301 g/mol. The Morgan fingerprint density at radius 1 is 1.10 bits per heavy atom. The summed E-state index contributed by atoms with van der Waals surface area (Å²) in [5.74, 6) is 2.36. The van der Waals surface area contributed by atoms with Crippen molar-refractivity contribution < 1.29 is 9.47 Å². The summed E-state index contributed by atoms with van der Waals surface area (Å²) in [7, 11) is 0. The first kappa shape index (κ1) is 15.2. The normalized spacial score (nSPS) is 9.95. The van der Waals surface area contributed by atoms with Gasteiger partial charge in [-0.2, -0.15) is 5.26 Å². The van der Waals surface area contributed by atoms with Crippen molar-refractivity contribution in [3.8, 4) is 23.3 Å². The van der Waals surface area contributed by atoms with Crippen molar-refractivity contribution in [2.24, 2.45) is 0 Å². The Morgan fingerprint density at radius 3 is 2.43 bits per heavy atom. The summed E-state index contributed by atoms with van der Waals surface area (Å²) < 4.78 is 11.3. The number of nitrogens with zero attached hydrogens (tertiary/aromatic N) is 1. The number of benzene rings is 2. The second-order valence-electron chi connectivity index (χ2n) is 4.50. The molecule has 3 nitrogen and oxygen atoms in total. The van der Waals surface area contributed by atoms with Crippen LogP contribution in [0.15, 0.2) is 42.5 Å². The lowest BCUT2D eigenvalue weighted by molar-refractivity contribution is 0.317. The summed E-state index contributed by atoms with van der Waals surface area (Å²) in [5, 5.41) is 9.16. The standard InChI is InChI=1S/C17H16ClNO2/c1-2-9-20-15-4-6-16(7-5-15)21-17-8-3-13(11-18)10-14(17)12-19/h3-8,10H,2,9,11H2,1H3. The zero-order valence-corrected chi connectivity index (χ0v) is 12.6. The first-order valence-corrected chi connectivity index (χ1v) is 7.30. The number of halogens is 1. The van der Waals surface area contributed by atoms with E-state index in [1.807, 2.05) is 30.3 Å². The fraction of sp³-hybridized carbons (Fsp3) is 0.235. The fourth-order valence-corrected chi connectivity index (χ4v) is 1.95. The summed E-state index contributed by atoms with van der Waals surface area (Å²) in [6, 6.07) is 14.8. The average Bonchev–Trinajstić information content (AvgIpc) is 2.54. The van der Waals surface area contributed by atoms with E-state index in [2.05, 4.69) is 13.0 Å². The minimum absolute atomic E-state index is 0.373. The Bertz CT molecular complexity index is 632. The molecule has 0 aromatic heterocycles. The number of nitriles is 1. The molecular formula is C17H16ClNO2. The second kappa shape index (κ2) is 7.56. The quantitative estimate of drug-likeness (QED) is 0.714. The highest BCUT2D eigenvalue weighted by molar-refractivity contribution is 6.17. The van der Waals surface area contributed by atoms with Crippen LogP contribution in [0.4, 0.5) is 0 Å². The molecule has 0 aliphatic heterocycles. The van der Waals surface area contributed by atoms with Crippen LogP contribution in [0.2, 0.25) is 0 Å². The molecule has 0 aliphatic rings. The summed E-state index contributed by atoms with van der Waals surface area (Å²) in [6.45, 7) is 2.75. The molecular weight excluding hydrogens is 286 g/mol. The Hall–Kier alpha value is -2.18. The molecule has 0 heterocycles. The Balaban J connectivity index is 2.13. The van der Waals surface area contributed by atoms with E-state index in [0.717, 1.165) is 17.7 Å². The van der Waals surface area contributed by atoms with Crippen molar-refractivity contribution >= 4 is 11.6 Å². The lowest BCUT2D eigenvalue weighted by Crippen LogP contribution is -1.95. The third kappa shape index (κ3) is 4.14. The fourth-order valence-electron chi connectivity index (χ4n) is 1.79. The molecule has 0 aliphatic carbocycles. The van der Waals surface area contributed by atoms with Gasteiger partial charge in [0, 0.05) is 5.88 Å². The number of ether oxygens (including phenoxy) is 2. The van der Waals surface area contributed by atoms with Crippen molar-refractivity contribution in [3.05, 3.63) is 53.6 Å². The van der Waals surface area contributed by atoms with E-state index in [9.17, 15) is 0 Å². The van der Waals surface area contributed by atoms with Crippen LogP contribution in [0, 0.1) is 11.3 Å². The van der Waals surface area contributed by atoms with Gasteiger partial charge in [-0.3, -0.25) is 0 Å². The minimum Gasteiger partial charge on any atom is -0.494 e. The highest BCUT2D eigenvalue weighted by Crippen LogP contribution is 2.27. The zero-order chi connectivity index (χ0) is 15.1. The van der Waals surface area contributed by atoms with E-state index in [-0.39, 0.29) is 0 Å². The molecule has 0 bridgehead atoms. The van der Waals surface area contributed by atoms with Crippen LogP contribution in [-0.4, -0.2) is 6.61 Å². The van der Waals surface area contributed by atoms with Crippen LogP contribution < -0.4 is 9.47 Å². The van der Waals surface area contributed by atoms with Gasteiger partial charge in [0.05, 0.1) is 12.2 Å². The molecule has 21 heavy (non-hydrogen) atoms. The van der Waals surface area contributed by atoms with Crippen LogP contribution in [-0.2, 0) is 5.88 Å². The van der Waals surface area contributed by atoms with Gasteiger partial charge in [0.15, 0.2) is 0 Å². The van der Waals surface area contributed by atoms with Crippen LogP contribution in [0.5, 0.6) is 17.2 Å². The van der Waals surface area contributed by atoms with Crippen molar-refractivity contribution in [2.45, 2.75) is 19.2 Å². The molecule has 0 spiro atoms. The van der Waals surface area contributed by atoms with Crippen molar-refractivity contribution in [1.29, 1.82) is 5.26 Å². The Labute approximate surface area is 129 Å². The van der Waals surface area contributed by atoms with E-state index >= 15 is 0 Å². The molecule has 0 unspecified atom stereocenters. The van der Waals surface area contributed by atoms with E-state index in [1.54, 1.807) is 12.1 Å². The van der Waals surface area contributed by atoms with Gasteiger partial charge >= 0.3 is 0 Å². The number of hydrogen-bond donors (Lipinski definition) is 0. The molecule has 108 valence electrons. The maximum absolute atomic E-state index is 9.16. The molecule has 0 saturated carbocycles. The number of hydrogen-bond acceptors (Lipinski definition) is 3. The molecule has 0 saturated heterocycles. The van der Waals surface area contributed by atoms with E-state index in [0.29, 0.717) is 29.5 Å². The van der Waals surface area contributed by atoms with Crippen molar-refractivity contribution in [2.75, 3.05) is 6.61 Å². The lowest BCUT2D eigenvalue weighted by atomic mass is 10.1. The third-order valence-electron chi connectivity index (χ3n) is 2.84. The summed E-state index contributed by atoms with van der Waals surface area (Å²) in [6.07, 6.45) is 0.969. The van der Waals surface area contributed by atoms with Crippen molar-refractivity contribution in [3.63, 3.8) is 0 Å². The molecule has 2 rings (SSSR count). The Kier molecular flexibility index (Phi) is 5.48. The van der Waals surface area contributed by atoms with Crippen molar-refractivity contribution in [1.82, 2.24) is 0 Å². The van der Waals surface area contributed by atoms with Gasteiger partial charge in [-0.05, 0) is 48.4 Å². The van der Waals surface area contributed by atoms with Crippen LogP contribution >= 0.6 is 11.6 Å². The predicted molar refractivity (Wildman–Crippen MR) is 83.0 cm³/mol. The molecule has 0 radical (unpaired) electrons. The van der Waals surface area contributed by atoms with Gasteiger partial charge in [-0.25, -0.2) is 0 Å². The highest BCUT2D eigenvalue weighted by atomic mass is 35.5. The number of alkyl halides is 1. The maximum Gasteiger partial charge on any atom is 0.145 e. The van der Waals surface area contributed by atoms with Gasteiger partial charge in [0.1, 0.15) is 23.3 Å². The number of rotatable bonds is 6. The SMILES string of the molecule is CCCOc1ccc(Oc2ccc(CCl)cc2C#N)cc1. The minimum atomic E-state index is 0.373. The van der Waals surface area contributed by atoms with Crippen LogP contribution in [0.1, 0.15) is 24.5 Å². The zero-order valence-electron chi connectivity index (χ0n) is 11.8. The Morgan fingerprint density at radius 2 is 1.81 bits per heavy atom. The topological polar surface area (TPSA) is 42.2 Å². The largest absolute Gasteiger partial charge is 0.494 e. The first-order valence-electron chi connectivity index (χ1n) is 6.76. The van der Waals surface area contributed by atoms with E-state index in [1.165, 1.54) is 0 Å². The van der Waals surface area contributed by atoms with Gasteiger partial charge < -0.3 is 9.47 Å². The van der Waals surface area contributed by atoms with Gasteiger partial charge in [0.2, 0.25) is 0 Å². The van der Waals surface area contributed by atoms with Crippen LogP contribution in [0.3, 0.4) is 0 Å². The van der Waals surface area contributed by atoms with Gasteiger partial charge in [-0.15, -0.1) is 11.6 Å². The lowest BCUT2D eigenvalue weighted by Gasteiger charge is -2.09. The van der Waals surface area contributed by atoms with Gasteiger partial charge in [0.25, 0.3) is 0 Å². The summed E-state index contributed by atoms with van der Waals surface area (Å²) in [5.41, 5.74) is 1.36. The molecule has 0 amide bonds. The summed E-state index contributed by atoms with van der Waals surface area (Å²) >= 11 is 5.76. The molecule has 0 atom stereocenters. The third-order valence-corrected chi connectivity index (χ3v) is 3.15. The van der Waals surface area contributed by atoms with E-state index in [4.69, 9.17) is 26.3 Å². The average molecular weight is 302 g/mol. The summed E-state index contributed by atoms with van der Waals surface area (Å²) in [4.78, 5) is 0. The van der Waals surface area contributed by atoms with E-state index < -0.39 is 0 Å². The molecule has 4 heteroatoms. The molecule has 0 fully saturated rings. The van der Waals surface area contributed by atoms with Gasteiger partial charge in [-0.1, -0.05) is 13.0 Å². The maximum atomic E-state index is 9.16. The second-order valence-corrected chi connectivity index (χ2v) is 4.77. The first-order chi connectivity index (χ1) is 10.3. The highest BCUT2D eigenvalue weighted by Gasteiger charge is 2.06. The smallest absolute Gasteiger partial charge is 0.145 e. The predicted octanol–water partition coefficient (Wildman–Crippen LogP) is 4.88. The molecule has 2 aromatic rings. The molecule has 0 N–H and O–H groups in total. The van der Waals surface area contributed by atoms with Crippen LogP contribution in [0.25, 0.3) is 0 Å². The molecule has 2 aromatic carbocycles.